The van der Waals surface area contributed by atoms with Crippen LogP contribution in [-0.4, -0.2) is 47.9 Å². The fourth-order valence-electron chi connectivity index (χ4n) is 3.69. The first-order valence-electron chi connectivity index (χ1n) is 10.1. The molecule has 0 aliphatic carbocycles. The predicted molar refractivity (Wildman–Crippen MR) is 118 cm³/mol. The molecule has 0 atom stereocenters. The van der Waals surface area contributed by atoms with E-state index in [0.29, 0.717) is 18.7 Å². The summed E-state index contributed by atoms with van der Waals surface area (Å²) in [7, 11) is 0. The number of amides is 2. The highest BCUT2D eigenvalue weighted by molar-refractivity contribution is 7.21. The number of aromatic nitrogens is 1. The first-order chi connectivity index (χ1) is 14.1. The molecule has 154 valence electrons. The number of hydrogen-bond acceptors (Lipinski definition) is 6. The third-order valence-corrected chi connectivity index (χ3v) is 6.99. The van der Waals surface area contributed by atoms with Crippen molar-refractivity contribution in [3.8, 4) is 5.75 Å². The number of thiazole rings is 1. The van der Waals surface area contributed by atoms with Crippen LogP contribution in [0, 0.1) is 6.92 Å². The molecule has 8 heteroatoms. The van der Waals surface area contributed by atoms with Crippen LogP contribution in [0.2, 0.25) is 0 Å². The quantitative estimate of drug-likeness (QED) is 0.638. The number of hydrogen-bond donors (Lipinski definition) is 1. The van der Waals surface area contributed by atoms with E-state index in [1.165, 1.54) is 12.8 Å². The molecule has 0 bridgehead atoms. The number of thiophene rings is 1. The predicted octanol–water partition coefficient (Wildman–Crippen LogP) is 4.11. The van der Waals surface area contributed by atoms with E-state index >= 15 is 0 Å². The van der Waals surface area contributed by atoms with Gasteiger partial charge in [-0.15, -0.1) is 22.7 Å². The van der Waals surface area contributed by atoms with Gasteiger partial charge in [0.05, 0.1) is 19.9 Å². The largest absolute Gasteiger partial charge is 0.483 e. The summed E-state index contributed by atoms with van der Waals surface area (Å²) in [6, 6.07) is 3.96. The maximum absolute atomic E-state index is 12.3. The summed E-state index contributed by atoms with van der Waals surface area (Å²) in [6.07, 6.45) is 4.89. The number of likely N-dealkylation sites (tertiary alicyclic amines) is 1. The Balaban J connectivity index is 1.30. The van der Waals surface area contributed by atoms with Gasteiger partial charge >= 0.3 is 0 Å². The van der Waals surface area contributed by atoms with Crippen LogP contribution in [0.1, 0.15) is 37.1 Å². The maximum Gasteiger partial charge on any atom is 0.257 e. The van der Waals surface area contributed by atoms with Gasteiger partial charge in [-0.05, 0) is 31.2 Å². The smallest absolute Gasteiger partial charge is 0.257 e. The molecular formula is C21H25N3O3S2. The molecule has 0 spiro atoms. The van der Waals surface area contributed by atoms with E-state index in [2.05, 4.69) is 10.3 Å². The molecule has 1 N–H and O–H groups in total. The van der Waals surface area contributed by atoms with Crippen LogP contribution in [0.5, 0.6) is 5.75 Å². The molecule has 1 aliphatic heterocycles. The van der Waals surface area contributed by atoms with Crippen molar-refractivity contribution in [1.29, 1.82) is 0 Å². The van der Waals surface area contributed by atoms with Gasteiger partial charge in [0.25, 0.3) is 5.91 Å². The van der Waals surface area contributed by atoms with Crippen molar-refractivity contribution in [3.63, 3.8) is 0 Å². The van der Waals surface area contributed by atoms with E-state index in [-0.39, 0.29) is 18.4 Å². The fraction of sp³-hybridized carbons (Fsp3) is 0.476. The Labute approximate surface area is 177 Å². The summed E-state index contributed by atoms with van der Waals surface area (Å²) >= 11 is 3.26. The lowest BCUT2D eigenvalue weighted by molar-refractivity contribution is -0.131. The van der Waals surface area contributed by atoms with E-state index in [0.717, 1.165) is 51.2 Å². The summed E-state index contributed by atoms with van der Waals surface area (Å²) in [5, 5.41) is 6.81. The molecule has 1 aliphatic rings. The number of carbonyl (C=O) groups is 2. The lowest BCUT2D eigenvalue weighted by Gasteiger charge is -2.20. The number of rotatable bonds is 6. The van der Waals surface area contributed by atoms with Gasteiger partial charge in [-0.25, -0.2) is 4.98 Å². The summed E-state index contributed by atoms with van der Waals surface area (Å²) in [5.74, 6) is 0.616. The second-order valence-corrected chi connectivity index (χ2v) is 9.45. The molecule has 0 radical (unpaired) electrons. The van der Waals surface area contributed by atoms with Gasteiger partial charge < -0.3 is 15.0 Å². The van der Waals surface area contributed by atoms with Crippen molar-refractivity contribution in [3.05, 3.63) is 22.5 Å². The Bertz CT molecular complexity index is 1020. The average Bonchev–Trinajstić information content (AvgIpc) is 3.23. The van der Waals surface area contributed by atoms with Gasteiger partial charge in [0.15, 0.2) is 6.61 Å². The van der Waals surface area contributed by atoms with Crippen molar-refractivity contribution in [2.24, 2.45) is 0 Å². The Morgan fingerprint density at radius 1 is 1.24 bits per heavy atom. The van der Waals surface area contributed by atoms with Crippen LogP contribution >= 0.6 is 22.7 Å². The van der Waals surface area contributed by atoms with Gasteiger partial charge in [-0.2, -0.15) is 0 Å². The molecule has 6 nitrogen and oxygen atoms in total. The summed E-state index contributed by atoms with van der Waals surface area (Å²) in [6.45, 7) is 3.95. The zero-order valence-electron chi connectivity index (χ0n) is 16.5. The number of ether oxygens (including phenoxy) is 1. The van der Waals surface area contributed by atoms with Crippen molar-refractivity contribution >= 4 is 54.8 Å². The van der Waals surface area contributed by atoms with Crippen molar-refractivity contribution < 1.29 is 14.3 Å². The Kier molecular flexibility index (Phi) is 6.30. The maximum atomic E-state index is 12.3. The van der Waals surface area contributed by atoms with Crippen LogP contribution in [0.15, 0.2) is 17.5 Å². The molecule has 3 aromatic rings. The zero-order valence-corrected chi connectivity index (χ0v) is 18.2. The van der Waals surface area contributed by atoms with Crippen LogP contribution < -0.4 is 10.1 Å². The van der Waals surface area contributed by atoms with Crippen molar-refractivity contribution in [1.82, 2.24) is 15.2 Å². The van der Waals surface area contributed by atoms with Crippen LogP contribution in [-0.2, 0) is 9.59 Å². The summed E-state index contributed by atoms with van der Waals surface area (Å²) in [5.41, 5.74) is 1.00. The normalized spacial score (nSPS) is 14.9. The van der Waals surface area contributed by atoms with Gasteiger partial charge in [-0.1, -0.05) is 12.8 Å². The van der Waals surface area contributed by atoms with Crippen LogP contribution in [0.3, 0.4) is 0 Å². The van der Waals surface area contributed by atoms with Crippen molar-refractivity contribution in [2.45, 2.75) is 39.0 Å². The second-order valence-electron chi connectivity index (χ2n) is 7.30. The highest BCUT2D eigenvalue weighted by Gasteiger charge is 2.16. The summed E-state index contributed by atoms with van der Waals surface area (Å²) < 4.78 is 7.98. The molecule has 0 saturated carbocycles. The monoisotopic (exact) mass is 431 g/mol. The SMILES string of the molecule is Cc1nc2c(cc(OCC(=O)NCCC(=O)N3CCCCCC3)c3ccsc32)s1. The minimum Gasteiger partial charge on any atom is -0.483 e. The zero-order chi connectivity index (χ0) is 20.2. The molecule has 1 aromatic carbocycles. The molecule has 4 rings (SSSR count). The Hall–Kier alpha value is -2.19. The number of nitrogens with one attached hydrogen (secondary N) is 1. The number of carbonyl (C=O) groups excluding carboxylic acids is 2. The fourth-order valence-corrected chi connectivity index (χ4v) is 5.52. The second kappa shape index (κ2) is 9.09. The first-order valence-corrected chi connectivity index (χ1v) is 11.8. The number of aryl methyl sites for hydroxylation is 1. The van der Waals surface area contributed by atoms with Crippen LogP contribution in [0.4, 0.5) is 0 Å². The first kappa shape index (κ1) is 20.1. The van der Waals surface area contributed by atoms with Crippen molar-refractivity contribution in [2.75, 3.05) is 26.2 Å². The number of fused-ring (bicyclic) bond motifs is 3. The molecule has 2 aromatic heterocycles. The third kappa shape index (κ3) is 4.70. The van der Waals surface area contributed by atoms with Gasteiger partial charge in [-0.3, -0.25) is 9.59 Å². The molecule has 0 unspecified atom stereocenters. The Morgan fingerprint density at radius 3 is 2.83 bits per heavy atom. The van der Waals surface area contributed by atoms with E-state index in [1.807, 2.05) is 29.3 Å². The van der Waals surface area contributed by atoms with E-state index < -0.39 is 0 Å². The molecule has 1 saturated heterocycles. The number of nitrogens with zero attached hydrogens (tertiary/aromatic N) is 2. The topological polar surface area (TPSA) is 71.5 Å². The third-order valence-electron chi connectivity index (χ3n) is 5.15. The minimum absolute atomic E-state index is 0.0633. The number of benzene rings is 1. The molecule has 1 fully saturated rings. The molecule has 2 amide bonds. The minimum atomic E-state index is -0.211. The molecule has 3 heterocycles. The van der Waals surface area contributed by atoms with Gasteiger partial charge in [0.1, 0.15) is 5.75 Å². The van der Waals surface area contributed by atoms with Gasteiger partial charge in [0.2, 0.25) is 5.91 Å². The van der Waals surface area contributed by atoms with Crippen LogP contribution in [0.25, 0.3) is 20.3 Å². The highest BCUT2D eigenvalue weighted by atomic mass is 32.1. The van der Waals surface area contributed by atoms with E-state index in [1.54, 1.807) is 22.7 Å². The lowest BCUT2D eigenvalue weighted by Crippen LogP contribution is -2.36. The average molecular weight is 432 g/mol. The lowest BCUT2D eigenvalue weighted by atomic mass is 10.2. The van der Waals surface area contributed by atoms with E-state index in [4.69, 9.17) is 4.74 Å². The standard InChI is InChI=1S/C21H25N3O3S2/c1-14-23-20-17(29-14)12-16(15-7-11-28-21(15)20)27-13-18(25)22-8-6-19(26)24-9-4-2-3-5-10-24/h7,11-12H,2-6,8-10,13H2,1H3,(H,22,25). The molecule has 29 heavy (non-hydrogen) atoms. The Morgan fingerprint density at radius 2 is 2.03 bits per heavy atom. The van der Waals surface area contributed by atoms with E-state index in [9.17, 15) is 9.59 Å². The van der Waals surface area contributed by atoms with Gasteiger partial charge in [0, 0.05) is 37.5 Å². The highest BCUT2D eigenvalue weighted by Crippen LogP contribution is 2.38. The molecular weight excluding hydrogens is 406 g/mol. The summed E-state index contributed by atoms with van der Waals surface area (Å²) in [4.78, 5) is 31.0.